The molecule has 0 radical (unpaired) electrons. The Morgan fingerprint density at radius 1 is 0.696 bits per heavy atom. The third kappa shape index (κ3) is 3.57. The third-order valence-corrected chi connectivity index (χ3v) is 9.42. The molecule has 13 nitrogen and oxygen atoms in total. The number of benzene rings is 3. The maximum Gasteiger partial charge on any atom is 0.342 e. The molecule has 8 rings (SSSR count). The number of esters is 2. The van der Waals surface area contributed by atoms with E-state index in [0.717, 1.165) is 0 Å². The summed E-state index contributed by atoms with van der Waals surface area (Å²) in [7, 11) is 1.22. The van der Waals surface area contributed by atoms with Crippen molar-refractivity contribution in [3.8, 4) is 23.0 Å². The van der Waals surface area contributed by atoms with Gasteiger partial charge in [0.15, 0.2) is 0 Å². The Hall–Kier alpha value is -5.14. The minimum absolute atomic E-state index is 0.148. The van der Waals surface area contributed by atoms with Gasteiger partial charge in [-0.05, 0) is 37.4 Å². The Bertz CT molecular complexity index is 2020. The van der Waals surface area contributed by atoms with E-state index in [1.807, 2.05) is 6.92 Å². The molecular weight excluding hydrogens is 604 g/mol. The molecule has 0 spiro atoms. The Kier molecular flexibility index (Phi) is 5.82. The summed E-state index contributed by atoms with van der Waals surface area (Å²) < 4.78 is 28.3. The molecule has 13 heteroatoms. The number of ketones is 2. The number of Topliss-reactive ketones (excluding diaryl/α,β-unsaturated/α-hetero) is 2. The van der Waals surface area contributed by atoms with Gasteiger partial charge in [0.1, 0.15) is 64.3 Å². The number of phenols is 3. The molecule has 2 fully saturated rings. The Morgan fingerprint density at radius 3 is 1.83 bits per heavy atom. The number of hydrogen-bond donors (Lipinski definition) is 4. The van der Waals surface area contributed by atoms with E-state index in [2.05, 4.69) is 0 Å². The van der Waals surface area contributed by atoms with Gasteiger partial charge in [-0.2, -0.15) is 0 Å². The fourth-order valence-electron chi connectivity index (χ4n) is 7.46. The summed E-state index contributed by atoms with van der Waals surface area (Å²) in [6.45, 7) is 3.60. The zero-order chi connectivity index (χ0) is 32.5. The van der Waals surface area contributed by atoms with Gasteiger partial charge in [-0.15, -0.1) is 0 Å². The van der Waals surface area contributed by atoms with Crippen molar-refractivity contribution < 1.29 is 63.3 Å². The molecule has 0 amide bonds. The lowest BCUT2D eigenvalue weighted by molar-refractivity contribution is -0.110. The van der Waals surface area contributed by atoms with Crippen molar-refractivity contribution in [3.63, 3.8) is 0 Å². The number of aliphatic hydroxyl groups excluding tert-OH is 1. The summed E-state index contributed by atoms with van der Waals surface area (Å²) in [5.74, 6) is -7.55. The molecule has 1 aliphatic carbocycles. The van der Waals surface area contributed by atoms with Crippen LogP contribution in [-0.2, 0) is 23.7 Å². The molecule has 236 valence electrons. The van der Waals surface area contributed by atoms with E-state index in [-0.39, 0.29) is 51.0 Å². The number of aliphatic hydroxyl groups is 1. The highest BCUT2D eigenvalue weighted by Crippen LogP contribution is 2.54. The van der Waals surface area contributed by atoms with Crippen LogP contribution in [0, 0.1) is 0 Å². The average molecular weight is 631 g/mol. The van der Waals surface area contributed by atoms with Crippen molar-refractivity contribution in [2.75, 3.05) is 7.11 Å². The van der Waals surface area contributed by atoms with Crippen LogP contribution in [0.3, 0.4) is 0 Å². The largest absolute Gasteiger partial charge is 0.506 e. The number of rotatable bonds is 2. The first-order valence-corrected chi connectivity index (χ1v) is 14.7. The van der Waals surface area contributed by atoms with Crippen molar-refractivity contribution in [1.29, 1.82) is 0 Å². The topological polar surface area (TPSA) is 195 Å². The smallest absolute Gasteiger partial charge is 0.342 e. The maximum atomic E-state index is 13.7. The fraction of sp³-hybridized carbons (Fsp3) is 0.333. The van der Waals surface area contributed by atoms with E-state index in [4.69, 9.17) is 23.7 Å². The van der Waals surface area contributed by atoms with Crippen LogP contribution in [0.15, 0.2) is 18.2 Å². The Balaban J connectivity index is 1.36. The molecule has 4 aliphatic heterocycles. The molecule has 3 aromatic carbocycles. The first-order valence-electron chi connectivity index (χ1n) is 14.7. The highest BCUT2D eigenvalue weighted by molar-refractivity contribution is 6.62. The molecule has 3 aromatic rings. The number of methoxy groups -OCH3 is 1. The molecule has 6 atom stereocenters. The van der Waals surface area contributed by atoms with Crippen molar-refractivity contribution >= 4 is 45.6 Å². The molecule has 2 saturated heterocycles. The van der Waals surface area contributed by atoms with Crippen LogP contribution in [0.2, 0.25) is 0 Å². The minimum Gasteiger partial charge on any atom is -0.506 e. The zero-order valence-electron chi connectivity index (χ0n) is 24.6. The SMILES string of the molecule is COc1cc2cc3c(c(O)c2c(O)c1C1=C(O)c2c(cc4c(c2O)C(=O)O[C@@H]2C[C@@H](C)O[C@H]42)C(=O)C1=O)C(=O)O[C@@H]1C[C@@H](C)O[C@H]31. The van der Waals surface area contributed by atoms with Crippen molar-refractivity contribution in [2.24, 2.45) is 0 Å². The van der Waals surface area contributed by atoms with Crippen LogP contribution >= 0.6 is 0 Å². The lowest BCUT2D eigenvalue weighted by Crippen LogP contribution is -2.31. The molecular formula is C33H26O13. The average Bonchev–Trinajstić information content (AvgIpc) is 3.57. The molecule has 0 saturated carbocycles. The normalized spacial score (nSPS) is 27.9. The summed E-state index contributed by atoms with van der Waals surface area (Å²) in [5, 5.41) is 45.8. The Morgan fingerprint density at radius 2 is 1.24 bits per heavy atom. The predicted octanol–water partition coefficient (Wildman–Crippen LogP) is 3.93. The van der Waals surface area contributed by atoms with Crippen LogP contribution in [0.4, 0.5) is 0 Å². The molecule has 0 bridgehead atoms. The second-order valence-corrected chi connectivity index (χ2v) is 12.2. The lowest BCUT2D eigenvalue weighted by Gasteiger charge is -2.30. The highest BCUT2D eigenvalue weighted by atomic mass is 16.6. The quantitative estimate of drug-likeness (QED) is 0.235. The number of carbonyl (C=O) groups is 4. The number of hydrogen-bond acceptors (Lipinski definition) is 13. The maximum absolute atomic E-state index is 13.7. The fourth-order valence-corrected chi connectivity index (χ4v) is 7.46. The van der Waals surface area contributed by atoms with Crippen molar-refractivity contribution in [2.45, 2.75) is 63.3 Å². The van der Waals surface area contributed by atoms with Gasteiger partial charge in [0.25, 0.3) is 0 Å². The van der Waals surface area contributed by atoms with Crippen molar-refractivity contribution in [1.82, 2.24) is 0 Å². The first-order chi connectivity index (χ1) is 21.9. The van der Waals surface area contributed by atoms with Gasteiger partial charge >= 0.3 is 11.9 Å². The molecule has 5 aliphatic rings. The van der Waals surface area contributed by atoms with Gasteiger partial charge in [0.05, 0.1) is 41.4 Å². The van der Waals surface area contributed by atoms with Gasteiger partial charge in [-0.25, -0.2) is 9.59 Å². The monoisotopic (exact) mass is 630 g/mol. The highest BCUT2D eigenvalue weighted by Gasteiger charge is 2.49. The van der Waals surface area contributed by atoms with Crippen LogP contribution in [0.1, 0.15) is 92.2 Å². The summed E-state index contributed by atoms with van der Waals surface area (Å²) >= 11 is 0. The number of allylic oxidation sites excluding steroid dienone is 1. The number of ether oxygens (including phenoxy) is 5. The van der Waals surface area contributed by atoms with E-state index in [0.29, 0.717) is 18.4 Å². The van der Waals surface area contributed by atoms with E-state index in [1.54, 1.807) is 6.92 Å². The molecule has 4 heterocycles. The van der Waals surface area contributed by atoms with Gasteiger partial charge in [0.2, 0.25) is 11.6 Å². The van der Waals surface area contributed by atoms with Gasteiger partial charge in [-0.3, -0.25) is 9.59 Å². The zero-order valence-corrected chi connectivity index (χ0v) is 24.6. The lowest BCUT2D eigenvalue weighted by atomic mass is 9.80. The van der Waals surface area contributed by atoms with Crippen molar-refractivity contribution in [3.05, 3.63) is 57.1 Å². The standard InChI is InChI=1S/C33H26O13/c1-9-4-16-30(43-9)13-6-11-7-15(42-3)22(26(36)18(11)25(35)20(13)32(40)45-16)23-28(38)19-12(24(34)29(23)39)8-14-21(27(19)37)33(41)46-17-5-10(2)44-31(14)17/h6-10,16-17,30-31,35-38H,4-5H2,1-3H3/t9-,10-,16-,17-,30-,31-/m1/s1. The number of aromatic hydroxyl groups is 3. The van der Waals surface area contributed by atoms with Crippen LogP contribution in [0.25, 0.3) is 22.1 Å². The summed E-state index contributed by atoms with van der Waals surface area (Å²) in [5.41, 5.74) is -2.24. The van der Waals surface area contributed by atoms with Crippen LogP contribution < -0.4 is 4.74 Å². The molecule has 0 unspecified atom stereocenters. The number of phenolic OH excluding ortho intramolecular Hbond substituents is 3. The number of fused-ring (bicyclic) bond motifs is 8. The van der Waals surface area contributed by atoms with Crippen LogP contribution in [-0.4, -0.2) is 75.5 Å². The molecule has 0 aromatic heterocycles. The third-order valence-electron chi connectivity index (χ3n) is 9.42. The van der Waals surface area contributed by atoms with Gasteiger partial charge in [0, 0.05) is 29.5 Å². The van der Waals surface area contributed by atoms with Gasteiger partial charge in [-0.1, -0.05) is 0 Å². The summed E-state index contributed by atoms with van der Waals surface area (Å²) in [4.78, 5) is 53.3. The predicted molar refractivity (Wildman–Crippen MR) is 155 cm³/mol. The second kappa shape index (κ2) is 9.44. The number of carbonyl (C=O) groups excluding carboxylic acids is 4. The molecule has 4 N–H and O–H groups in total. The first kappa shape index (κ1) is 28.3. The van der Waals surface area contributed by atoms with E-state index in [9.17, 15) is 39.6 Å². The van der Waals surface area contributed by atoms with E-state index >= 15 is 0 Å². The van der Waals surface area contributed by atoms with E-state index in [1.165, 1.54) is 25.3 Å². The molecule has 46 heavy (non-hydrogen) atoms. The summed E-state index contributed by atoms with van der Waals surface area (Å²) in [6, 6.07) is 4.12. The van der Waals surface area contributed by atoms with E-state index < -0.39 is 87.6 Å². The minimum atomic E-state index is -1.26. The second-order valence-electron chi connectivity index (χ2n) is 12.2. The summed E-state index contributed by atoms with van der Waals surface area (Å²) in [6.07, 6.45) is -2.36. The van der Waals surface area contributed by atoms with Gasteiger partial charge < -0.3 is 44.1 Å². The Labute approximate surface area is 259 Å². The van der Waals surface area contributed by atoms with Crippen LogP contribution in [0.5, 0.6) is 23.0 Å².